The number of nitrogens with zero attached hydrogens (tertiary/aromatic N) is 3. The zero-order valence-electron chi connectivity index (χ0n) is 10.5. The van der Waals surface area contributed by atoms with Gasteiger partial charge in [-0.25, -0.2) is 4.98 Å². The Balaban J connectivity index is 2.01. The highest BCUT2D eigenvalue weighted by Crippen LogP contribution is 2.29. The van der Waals surface area contributed by atoms with Crippen molar-refractivity contribution in [2.75, 3.05) is 12.8 Å². The van der Waals surface area contributed by atoms with Gasteiger partial charge in [0.15, 0.2) is 5.13 Å². The monoisotopic (exact) mass is 276 g/mol. The summed E-state index contributed by atoms with van der Waals surface area (Å²) in [5.41, 5.74) is 7.40. The summed E-state index contributed by atoms with van der Waals surface area (Å²) in [7, 11) is 1.60. The Bertz CT molecular complexity index is 721. The molecule has 0 aliphatic rings. The third-order valence-corrected chi connectivity index (χ3v) is 3.66. The molecule has 2 N–H and O–H groups in total. The van der Waals surface area contributed by atoms with Crippen molar-refractivity contribution >= 4 is 26.7 Å². The molecule has 0 amide bonds. The Morgan fingerprint density at radius 1 is 1.37 bits per heavy atom. The highest BCUT2D eigenvalue weighted by Gasteiger charge is 2.15. The van der Waals surface area contributed by atoms with Crippen LogP contribution in [0.5, 0.6) is 0 Å². The van der Waals surface area contributed by atoms with Gasteiger partial charge in [0.1, 0.15) is 6.10 Å². The average molecular weight is 276 g/mol. The van der Waals surface area contributed by atoms with E-state index in [9.17, 15) is 0 Å². The number of methoxy groups -OCH3 is 1. The molecule has 1 unspecified atom stereocenters. The van der Waals surface area contributed by atoms with Gasteiger partial charge in [0.2, 0.25) is 5.82 Å². The lowest BCUT2D eigenvalue weighted by Gasteiger charge is -2.00. The third kappa shape index (κ3) is 2.18. The molecule has 19 heavy (non-hydrogen) atoms. The second-order valence-corrected chi connectivity index (χ2v) is 5.13. The molecular formula is C12H12N4O2S. The molecule has 0 saturated carbocycles. The van der Waals surface area contributed by atoms with Crippen molar-refractivity contribution in [2.24, 2.45) is 0 Å². The highest BCUT2D eigenvalue weighted by atomic mass is 32.1. The van der Waals surface area contributed by atoms with Crippen LogP contribution in [0.4, 0.5) is 5.13 Å². The zero-order chi connectivity index (χ0) is 13.4. The molecule has 2 heterocycles. The van der Waals surface area contributed by atoms with Crippen LogP contribution >= 0.6 is 11.3 Å². The predicted octanol–water partition coefficient (Wildman–Crippen LogP) is 2.64. The minimum Gasteiger partial charge on any atom is -0.375 e. The van der Waals surface area contributed by atoms with Gasteiger partial charge in [-0.1, -0.05) is 16.5 Å². The molecule has 2 aromatic heterocycles. The van der Waals surface area contributed by atoms with Gasteiger partial charge < -0.3 is 15.0 Å². The van der Waals surface area contributed by atoms with Gasteiger partial charge in [0.25, 0.3) is 5.89 Å². The summed E-state index contributed by atoms with van der Waals surface area (Å²) in [6.07, 6.45) is -0.194. The fourth-order valence-electron chi connectivity index (χ4n) is 1.70. The number of hydrogen-bond acceptors (Lipinski definition) is 7. The number of ether oxygens (including phenoxy) is 1. The summed E-state index contributed by atoms with van der Waals surface area (Å²) in [6, 6.07) is 5.72. The van der Waals surface area contributed by atoms with Crippen molar-refractivity contribution in [1.29, 1.82) is 0 Å². The number of hydrogen-bond donors (Lipinski definition) is 1. The third-order valence-electron chi connectivity index (χ3n) is 2.81. The summed E-state index contributed by atoms with van der Waals surface area (Å²) in [5.74, 6) is 0.995. The Morgan fingerprint density at radius 2 is 2.21 bits per heavy atom. The lowest BCUT2D eigenvalue weighted by Crippen LogP contribution is -1.97. The van der Waals surface area contributed by atoms with E-state index in [1.807, 2.05) is 25.1 Å². The van der Waals surface area contributed by atoms with E-state index in [1.165, 1.54) is 11.3 Å². The molecule has 0 saturated heterocycles. The van der Waals surface area contributed by atoms with Gasteiger partial charge in [-0.3, -0.25) is 0 Å². The number of fused-ring (bicyclic) bond motifs is 1. The van der Waals surface area contributed by atoms with Crippen LogP contribution in [0.15, 0.2) is 22.7 Å². The summed E-state index contributed by atoms with van der Waals surface area (Å²) >= 11 is 1.43. The maximum Gasteiger partial charge on any atom is 0.258 e. The minimum absolute atomic E-state index is 0.194. The van der Waals surface area contributed by atoms with E-state index >= 15 is 0 Å². The first-order valence-electron chi connectivity index (χ1n) is 5.70. The fourth-order valence-corrected chi connectivity index (χ4v) is 2.47. The smallest absolute Gasteiger partial charge is 0.258 e. The van der Waals surface area contributed by atoms with Crippen LogP contribution in [0.1, 0.15) is 18.9 Å². The number of rotatable bonds is 3. The molecule has 1 atom stereocenters. The van der Waals surface area contributed by atoms with E-state index in [4.69, 9.17) is 15.0 Å². The number of thiazole rings is 1. The molecule has 0 radical (unpaired) electrons. The second kappa shape index (κ2) is 4.60. The standard InChI is InChI=1S/C12H12N4O2S/c1-6(17-2)10-15-11(18-16-10)7-3-4-8-9(5-7)19-12(13)14-8/h3-6H,1-2H3,(H2,13,14). The molecule has 0 spiro atoms. The lowest BCUT2D eigenvalue weighted by molar-refractivity contribution is 0.109. The van der Waals surface area contributed by atoms with Crippen LogP contribution in [-0.2, 0) is 4.74 Å². The fraction of sp³-hybridized carbons (Fsp3) is 0.250. The van der Waals surface area contributed by atoms with Crippen LogP contribution in [0.2, 0.25) is 0 Å². The van der Waals surface area contributed by atoms with E-state index in [2.05, 4.69) is 15.1 Å². The first kappa shape index (κ1) is 12.1. The van der Waals surface area contributed by atoms with E-state index in [0.29, 0.717) is 16.8 Å². The first-order chi connectivity index (χ1) is 9.17. The molecule has 98 valence electrons. The van der Waals surface area contributed by atoms with E-state index in [1.54, 1.807) is 7.11 Å². The number of anilines is 1. The SMILES string of the molecule is COC(C)c1noc(-c2ccc3nc(N)sc3c2)n1. The molecule has 6 nitrogen and oxygen atoms in total. The van der Waals surface area contributed by atoms with Gasteiger partial charge in [0, 0.05) is 12.7 Å². The van der Waals surface area contributed by atoms with E-state index < -0.39 is 0 Å². The van der Waals surface area contributed by atoms with E-state index in [-0.39, 0.29) is 6.10 Å². The van der Waals surface area contributed by atoms with Crippen LogP contribution in [0, 0.1) is 0 Å². The Labute approximate surface area is 113 Å². The van der Waals surface area contributed by atoms with Crippen LogP contribution in [0.3, 0.4) is 0 Å². The minimum atomic E-state index is -0.194. The van der Waals surface area contributed by atoms with Crippen molar-refractivity contribution in [3.8, 4) is 11.5 Å². The summed E-state index contributed by atoms with van der Waals surface area (Å²) < 4.78 is 11.4. The van der Waals surface area contributed by atoms with Crippen molar-refractivity contribution in [2.45, 2.75) is 13.0 Å². The van der Waals surface area contributed by atoms with Crippen LogP contribution in [-0.4, -0.2) is 22.2 Å². The molecular weight excluding hydrogens is 264 g/mol. The normalized spacial score (nSPS) is 12.9. The summed E-state index contributed by atoms with van der Waals surface area (Å²) in [5, 5.41) is 4.45. The molecule has 0 aliphatic heterocycles. The van der Waals surface area contributed by atoms with Gasteiger partial charge >= 0.3 is 0 Å². The molecule has 0 bridgehead atoms. The van der Waals surface area contributed by atoms with Gasteiger partial charge in [0.05, 0.1) is 10.2 Å². The van der Waals surface area contributed by atoms with Gasteiger partial charge in [-0.2, -0.15) is 4.98 Å². The van der Waals surface area contributed by atoms with Crippen LogP contribution in [0.25, 0.3) is 21.7 Å². The molecule has 1 aromatic carbocycles. The predicted molar refractivity (Wildman–Crippen MR) is 72.7 cm³/mol. The Morgan fingerprint density at radius 3 is 3.00 bits per heavy atom. The first-order valence-corrected chi connectivity index (χ1v) is 6.52. The summed E-state index contributed by atoms with van der Waals surface area (Å²) in [6.45, 7) is 1.86. The van der Waals surface area contributed by atoms with Crippen molar-refractivity contribution < 1.29 is 9.26 Å². The summed E-state index contributed by atoms with van der Waals surface area (Å²) in [4.78, 5) is 8.52. The molecule has 0 fully saturated rings. The van der Waals surface area contributed by atoms with Gasteiger partial charge in [-0.05, 0) is 25.1 Å². The number of nitrogens with two attached hydrogens (primary N) is 1. The quantitative estimate of drug-likeness (QED) is 0.791. The van der Waals surface area contributed by atoms with Crippen molar-refractivity contribution in [3.05, 3.63) is 24.0 Å². The number of benzene rings is 1. The van der Waals surface area contributed by atoms with Gasteiger partial charge in [-0.15, -0.1) is 0 Å². The largest absolute Gasteiger partial charge is 0.375 e. The molecule has 3 aromatic rings. The van der Waals surface area contributed by atoms with E-state index in [0.717, 1.165) is 15.8 Å². The van der Waals surface area contributed by atoms with Crippen molar-refractivity contribution in [3.63, 3.8) is 0 Å². The number of aromatic nitrogens is 3. The molecule has 3 rings (SSSR count). The highest BCUT2D eigenvalue weighted by molar-refractivity contribution is 7.22. The average Bonchev–Trinajstić information content (AvgIpc) is 3.01. The zero-order valence-corrected chi connectivity index (χ0v) is 11.3. The van der Waals surface area contributed by atoms with Crippen LogP contribution < -0.4 is 5.73 Å². The maximum atomic E-state index is 5.68. The molecule has 7 heteroatoms. The Hall–Kier alpha value is -1.99. The number of nitrogen functional groups attached to an aromatic ring is 1. The maximum absolute atomic E-state index is 5.68. The topological polar surface area (TPSA) is 87.1 Å². The second-order valence-electron chi connectivity index (χ2n) is 4.07. The molecule has 0 aliphatic carbocycles. The lowest BCUT2D eigenvalue weighted by atomic mass is 10.2. The van der Waals surface area contributed by atoms with Crippen molar-refractivity contribution in [1.82, 2.24) is 15.1 Å². The Kier molecular flexibility index (Phi) is 2.92.